The summed E-state index contributed by atoms with van der Waals surface area (Å²) in [6, 6.07) is 12.6. The zero-order valence-electron chi connectivity index (χ0n) is 13.8. The van der Waals surface area contributed by atoms with Crippen LogP contribution in [-0.4, -0.2) is 25.5 Å². The SMILES string of the molecule is COc1ccc(NC(=O)CN(C(C)=O)c2ccc(Br)cc2C)cc1. The molecule has 0 bridgehead atoms. The van der Waals surface area contributed by atoms with Gasteiger partial charge in [0.05, 0.1) is 7.11 Å². The van der Waals surface area contributed by atoms with E-state index in [1.54, 1.807) is 31.4 Å². The molecule has 2 amide bonds. The first-order valence-electron chi connectivity index (χ1n) is 7.39. The van der Waals surface area contributed by atoms with Crippen molar-refractivity contribution in [2.24, 2.45) is 0 Å². The van der Waals surface area contributed by atoms with Crippen LogP contribution in [0.15, 0.2) is 46.9 Å². The van der Waals surface area contributed by atoms with Gasteiger partial charge in [0, 0.05) is 22.8 Å². The molecule has 2 rings (SSSR count). The number of methoxy groups -OCH3 is 1. The predicted octanol–water partition coefficient (Wildman–Crippen LogP) is 3.76. The number of anilines is 2. The summed E-state index contributed by atoms with van der Waals surface area (Å²) in [6.07, 6.45) is 0. The van der Waals surface area contributed by atoms with E-state index in [1.165, 1.54) is 11.8 Å². The van der Waals surface area contributed by atoms with Gasteiger partial charge >= 0.3 is 0 Å². The summed E-state index contributed by atoms with van der Waals surface area (Å²) in [5.41, 5.74) is 2.28. The highest BCUT2D eigenvalue weighted by Crippen LogP contribution is 2.24. The molecule has 2 aromatic carbocycles. The Hall–Kier alpha value is -2.34. The lowest BCUT2D eigenvalue weighted by molar-refractivity contribution is -0.120. The Labute approximate surface area is 149 Å². The van der Waals surface area contributed by atoms with Crippen LogP contribution in [0.5, 0.6) is 5.75 Å². The van der Waals surface area contributed by atoms with E-state index < -0.39 is 0 Å². The van der Waals surface area contributed by atoms with Gasteiger partial charge in [0.25, 0.3) is 0 Å². The molecule has 0 heterocycles. The minimum absolute atomic E-state index is 0.0518. The molecular weight excluding hydrogens is 372 g/mol. The van der Waals surface area contributed by atoms with Crippen molar-refractivity contribution in [3.05, 3.63) is 52.5 Å². The molecule has 0 aliphatic heterocycles. The third-order valence-corrected chi connectivity index (χ3v) is 4.00. The normalized spacial score (nSPS) is 10.2. The molecule has 2 aromatic rings. The number of nitrogens with one attached hydrogen (secondary N) is 1. The van der Waals surface area contributed by atoms with E-state index in [-0.39, 0.29) is 18.4 Å². The van der Waals surface area contributed by atoms with Gasteiger partial charge in [-0.05, 0) is 55.0 Å². The zero-order chi connectivity index (χ0) is 17.7. The molecule has 0 aromatic heterocycles. The molecule has 126 valence electrons. The van der Waals surface area contributed by atoms with Crippen LogP contribution < -0.4 is 15.0 Å². The quantitative estimate of drug-likeness (QED) is 0.845. The van der Waals surface area contributed by atoms with Gasteiger partial charge < -0.3 is 15.0 Å². The van der Waals surface area contributed by atoms with Gasteiger partial charge in [-0.15, -0.1) is 0 Å². The smallest absolute Gasteiger partial charge is 0.244 e. The molecular formula is C18H19BrN2O3. The number of nitrogens with zero attached hydrogens (tertiary/aromatic N) is 1. The summed E-state index contributed by atoms with van der Waals surface area (Å²) in [5, 5.41) is 2.78. The molecule has 0 aliphatic carbocycles. The molecule has 0 saturated carbocycles. The molecule has 1 N–H and O–H groups in total. The highest BCUT2D eigenvalue weighted by Gasteiger charge is 2.17. The van der Waals surface area contributed by atoms with Crippen molar-refractivity contribution >= 4 is 39.1 Å². The number of rotatable bonds is 5. The topological polar surface area (TPSA) is 58.6 Å². The van der Waals surface area contributed by atoms with Gasteiger partial charge in [-0.1, -0.05) is 15.9 Å². The fourth-order valence-electron chi connectivity index (χ4n) is 2.31. The van der Waals surface area contributed by atoms with Gasteiger partial charge in [-0.3, -0.25) is 9.59 Å². The third-order valence-electron chi connectivity index (χ3n) is 3.51. The van der Waals surface area contributed by atoms with Crippen molar-refractivity contribution in [3.63, 3.8) is 0 Å². The van der Waals surface area contributed by atoms with Crippen molar-refractivity contribution in [2.45, 2.75) is 13.8 Å². The van der Waals surface area contributed by atoms with Gasteiger partial charge in [0.1, 0.15) is 12.3 Å². The number of halogens is 1. The molecule has 24 heavy (non-hydrogen) atoms. The number of hydrogen-bond donors (Lipinski definition) is 1. The fourth-order valence-corrected chi connectivity index (χ4v) is 2.78. The molecule has 0 fully saturated rings. The molecule has 0 aliphatic rings. The Bertz CT molecular complexity index is 744. The number of carbonyl (C=O) groups is 2. The zero-order valence-corrected chi connectivity index (χ0v) is 15.4. The maximum absolute atomic E-state index is 12.3. The number of carbonyl (C=O) groups excluding carboxylic acids is 2. The van der Waals surface area contributed by atoms with Crippen LogP contribution in [0.1, 0.15) is 12.5 Å². The number of ether oxygens (including phenoxy) is 1. The van der Waals surface area contributed by atoms with Crippen molar-refractivity contribution in [1.29, 1.82) is 0 Å². The van der Waals surface area contributed by atoms with Gasteiger partial charge in [-0.2, -0.15) is 0 Å². The van der Waals surface area contributed by atoms with Crippen LogP contribution in [0.3, 0.4) is 0 Å². The van der Waals surface area contributed by atoms with Crippen LogP contribution >= 0.6 is 15.9 Å². The molecule has 0 atom stereocenters. The van der Waals surface area contributed by atoms with Crippen LogP contribution in [0.4, 0.5) is 11.4 Å². The van der Waals surface area contributed by atoms with Crippen molar-refractivity contribution in [2.75, 3.05) is 23.9 Å². The van der Waals surface area contributed by atoms with Crippen LogP contribution in [-0.2, 0) is 9.59 Å². The van der Waals surface area contributed by atoms with Gasteiger partial charge in [0.2, 0.25) is 11.8 Å². The van der Waals surface area contributed by atoms with Gasteiger partial charge in [-0.25, -0.2) is 0 Å². The highest BCUT2D eigenvalue weighted by atomic mass is 79.9. The van der Waals surface area contributed by atoms with E-state index in [1.807, 2.05) is 25.1 Å². The van der Waals surface area contributed by atoms with Gasteiger partial charge in [0.15, 0.2) is 0 Å². The number of benzene rings is 2. The standard InChI is InChI=1S/C18H19BrN2O3/c1-12-10-14(19)4-9-17(12)21(13(2)22)11-18(23)20-15-5-7-16(24-3)8-6-15/h4-10H,11H2,1-3H3,(H,20,23). The summed E-state index contributed by atoms with van der Waals surface area (Å²) >= 11 is 3.40. The van der Waals surface area contributed by atoms with Crippen molar-refractivity contribution in [3.8, 4) is 5.75 Å². The Morgan fingerprint density at radius 3 is 2.38 bits per heavy atom. The molecule has 0 saturated heterocycles. The average Bonchev–Trinajstić information content (AvgIpc) is 2.54. The van der Waals surface area contributed by atoms with Crippen LogP contribution in [0, 0.1) is 6.92 Å². The molecule has 0 spiro atoms. The Balaban J connectivity index is 2.12. The van der Waals surface area contributed by atoms with Crippen LogP contribution in [0.2, 0.25) is 0 Å². The lowest BCUT2D eigenvalue weighted by Gasteiger charge is -2.22. The average molecular weight is 391 g/mol. The lowest BCUT2D eigenvalue weighted by atomic mass is 10.2. The van der Waals surface area contributed by atoms with E-state index in [2.05, 4.69) is 21.2 Å². The summed E-state index contributed by atoms with van der Waals surface area (Å²) in [4.78, 5) is 25.7. The van der Waals surface area contributed by atoms with Crippen molar-refractivity contribution < 1.29 is 14.3 Å². The van der Waals surface area contributed by atoms with E-state index >= 15 is 0 Å². The first kappa shape index (κ1) is 18.0. The second-order valence-corrected chi connectivity index (χ2v) is 6.23. The number of hydrogen-bond acceptors (Lipinski definition) is 3. The highest BCUT2D eigenvalue weighted by molar-refractivity contribution is 9.10. The predicted molar refractivity (Wildman–Crippen MR) is 98.5 cm³/mol. The van der Waals surface area contributed by atoms with E-state index in [0.717, 1.165) is 15.7 Å². The second-order valence-electron chi connectivity index (χ2n) is 5.31. The number of amides is 2. The largest absolute Gasteiger partial charge is 0.497 e. The molecule has 6 heteroatoms. The summed E-state index contributed by atoms with van der Waals surface area (Å²) < 4.78 is 6.01. The third kappa shape index (κ3) is 4.58. The first-order chi connectivity index (χ1) is 11.4. The summed E-state index contributed by atoms with van der Waals surface area (Å²) in [7, 11) is 1.58. The molecule has 5 nitrogen and oxygen atoms in total. The van der Waals surface area contributed by atoms with Crippen LogP contribution in [0.25, 0.3) is 0 Å². The monoisotopic (exact) mass is 390 g/mol. The lowest BCUT2D eigenvalue weighted by Crippen LogP contribution is -2.37. The maximum atomic E-state index is 12.3. The Morgan fingerprint density at radius 1 is 1.17 bits per heavy atom. The van der Waals surface area contributed by atoms with E-state index in [9.17, 15) is 9.59 Å². The summed E-state index contributed by atoms with van der Waals surface area (Å²) in [5.74, 6) is 0.256. The maximum Gasteiger partial charge on any atom is 0.244 e. The molecule has 0 radical (unpaired) electrons. The summed E-state index contributed by atoms with van der Waals surface area (Å²) in [6.45, 7) is 3.30. The second kappa shape index (κ2) is 7.97. The van der Waals surface area contributed by atoms with Crippen molar-refractivity contribution in [1.82, 2.24) is 0 Å². The first-order valence-corrected chi connectivity index (χ1v) is 8.18. The Morgan fingerprint density at radius 2 is 1.83 bits per heavy atom. The molecule has 0 unspecified atom stereocenters. The Kier molecular flexibility index (Phi) is 5.98. The minimum atomic E-state index is -0.266. The number of aryl methyl sites for hydroxylation is 1. The van der Waals surface area contributed by atoms with E-state index in [4.69, 9.17) is 4.74 Å². The fraction of sp³-hybridized carbons (Fsp3) is 0.222. The minimum Gasteiger partial charge on any atom is -0.497 e. The van der Waals surface area contributed by atoms with E-state index in [0.29, 0.717) is 11.4 Å².